The molecule has 2 aliphatic rings. The maximum absolute atomic E-state index is 13.4. The topological polar surface area (TPSA) is 30.0 Å². The summed E-state index contributed by atoms with van der Waals surface area (Å²) in [6, 6.07) is 19.2. The monoisotopic (exact) mass is 419 g/mol. The van der Waals surface area contributed by atoms with Crippen LogP contribution in [0.2, 0.25) is 0 Å². The highest BCUT2D eigenvalue weighted by Crippen LogP contribution is 2.28. The van der Waals surface area contributed by atoms with E-state index in [1.54, 1.807) is 17.5 Å². The highest BCUT2D eigenvalue weighted by molar-refractivity contribution is 7.13. The molecular formula is C28H21NOS. The second-order valence-corrected chi connectivity index (χ2v) is 9.23. The minimum atomic E-state index is -0.107. The van der Waals surface area contributed by atoms with Gasteiger partial charge < -0.3 is 0 Å². The summed E-state index contributed by atoms with van der Waals surface area (Å²) in [5, 5.41) is 4.59. The molecule has 4 aromatic rings. The fourth-order valence-electron chi connectivity index (χ4n) is 4.89. The summed E-state index contributed by atoms with van der Waals surface area (Å²) in [6.45, 7) is 0. The summed E-state index contributed by atoms with van der Waals surface area (Å²) >= 11 is 1.67. The lowest BCUT2D eigenvalue weighted by atomic mass is 9.82. The number of aryl methyl sites for hydroxylation is 1. The van der Waals surface area contributed by atoms with Crippen molar-refractivity contribution in [3.63, 3.8) is 0 Å². The van der Waals surface area contributed by atoms with Gasteiger partial charge in [-0.1, -0.05) is 54.6 Å². The van der Waals surface area contributed by atoms with E-state index >= 15 is 0 Å². The number of nitrogens with zero attached hydrogens (tertiary/aromatic N) is 1. The van der Waals surface area contributed by atoms with Crippen molar-refractivity contribution in [2.24, 2.45) is 5.92 Å². The van der Waals surface area contributed by atoms with E-state index in [-0.39, 0.29) is 11.7 Å². The standard InChI is InChI=1S/C28H21NOS/c30-28(22-14-21(16-29-17-22)27-6-3-13-31-27)20-8-7-19-10-11-24-23-5-2-1-4-18(23)9-12-25(24)26(19)15-20/h1-6,10-17,20H,7-9H2. The zero-order valence-corrected chi connectivity index (χ0v) is 17.9. The number of aromatic nitrogens is 1. The van der Waals surface area contributed by atoms with E-state index in [0.717, 1.165) is 29.7 Å². The molecule has 2 nitrogen and oxygen atoms in total. The van der Waals surface area contributed by atoms with Crippen molar-refractivity contribution in [2.75, 3.05) is 0 Å². The summed E-state index contributed by atoms with van der Waals surface area (Å²) in [5.74, 6) is 0.0651. The molecule has 150 valence electrons. The minimum Gasteiger partial charge on any atom is -0.293 e. The normalized spacial score (nSPS) is 16.3. The van der Waals surface area contributed by atoms with Crippen LogP contribution in [0.1, 0.15) is 27.9 Å². The largest absolute Gasteiger partial charge is 0.293 e. The molecule has 0 bridgehead atoms. The second kappa shape index (κ2) is 7.44. The van der Waals surface area contributed by atoms with E-state index in [9.17, 15) is 4.79 Å². The SMILES string of the molecule is O=C(c1cncc(-c2cccs2)c1)C1C=c2c(ccc3c2=CCc2ccccc2-3)CC1. The Labute approximate surface area is 185 Å². The molecule has 0 spiro atoms. The third-order valence-corrected chi connectivity index (χ3v) is 7.39. The third kappa shape index (κ3) is 3.17. The Morgan fingerprint density at radius 2 is 1.87 bits per heavy atom. The molecule has 2 aliphatic carbocycles. The first-order valence-corrected chi connectivity index (χ1v) is 11.6. The van der Waals surface area contributed by atoms with Crippen LogP contribution >= 0.6 is 11.3 Å². The van der Waals surface area contributed by atoms with E-state index in [1.807, 2.05) is 23.7 Å². The number of rotatable bonds is 3. The first-order chi connectivity index (χ1) is 15.3. The Morgan fingerprint density at radius 1 is 0.935 bits per heavy atom. The number of Topliss-reactive ketones (excluding diaryl/α,β-unsaturated/α-hetero) is 1. The van der Waals surface area contributed by atoms with Crippen LogP contribution < -0.4 is 10.4 Å². The first kappa shape index (κ1) is 18.5. The van der Waals surface area contributed by atoms with Crippen LogP contribution in [-0.4, -0.2) is 10.8 Å². The molecule has 2 aromatic heterocycles. The molecule has 1 atom stereocenters. The second-order valence-electron chi connectivity index (χ2n) is 8.28. The molecule has 0 aliphatic heterocycles. The van der Waals surface area contributed by atoms with Crippen LogP contribution in [0.3, 0.4) is 0 Å². The molecule has 1 unspecified atom stereocenters. The zero-order chi connectivity index (χ0) is 20.8. The summed E-state index contributed by atoms with van der Waals surface area (Å²) in [6.07, 6.45) is 10.8. The van der Waals surface area contributed by atoms with E-state index in [1.165, 1.54) is 32.7 Å². The van der Waals surface area contributed by atoms with Gasteiger partial charge in [-0.05, 0) is 69.5 Å². The van der Waals surface area contributed by atoms with Gasteiger partial charge in [0.15, 0.2) is 5.78 Å². The maximum Gasteiger partial charge on any atom is 0.171 e. The Bertz CT molecular complexity index is 1430. The van der Waals surface area contributed by atoms with Gasteiger partial charge in [0, 0.05) is 34.3 Å². The van der Waals surface area contributed by atoms with Crippen molar-refractivity contribution >= 4 is 29.3 Å². The van der Waals surface area contributed by atoms with Gasteiger partial charge in [0.1, 0.15) is 0 Å². The molecule has 0 amide bonds. The van der Waals surface area contributed by atoms with Crippen molar-refractivity contribution < 1.29 is 4.79 Å². The van der Waals surface area contributed by atoms with Crippen molar-refractivity contribution in [1.29, 1.82) is 0 Å². The quantitative estimate of drug-likeness (QED) is 0.436. The van der Waals surface area contributed by atoms with Gasteiger partial charge in [-0.15, -0.1) is 11.3 Å². The van der Waals surface area contributed by atoms with Crippen molar-refractivity contribution in [1.82, 2.24) is 4.98 Å². The van der Waals surface area contributed by atoms with Crippen molar-refractivity contribution in [3.05, 3.63) is 99.5 Å². The van der Waals surface area contributed by atoms with Gasteiger partial charge in [-0.25, -0.2) is 0 Å². The molecule has 0 N–H and O–H groups in total. The molecular weight excluding hydrogens is 398 g/mol. The Hall–Kier alpha value is -3.30. The van der Waals surface area contributed by atoms with Crippen molar-refractivity contribution in [3.8, 4) is 21.6 Å². The van der Waals surface area contributed by atoms with E-state index in [0.29, 0.717) is 5.56 Å². The number of carbonyl (C=O) groups excluding carboxylic acids is 1. The van der Waals surface area contributed by atoms with Gasteiger partial charge in [-0.2, -0.15) is 0 Å². The Kier molecular flexibility index (Phi) is 4.43. The fraction of sp³-hybridized carbons (Fsp3) is 0.143. The van der Waals surface area contributed by atoms with Gasteiger partial charge in [0.2, 0.25) is 0 Å². The van der Waals surface area contributed by atoms with E-state index in [2.05, 4.69) is 59.6 Å². The van der Waals surface area contributed by atoms with Gasteiger partial charge in [-0.3, -0.25) is 9.78 Å². The molecule has 3 heteroatoms. The Morgan fingerprint density at radius 3 is 2.77 bits per heavy atom. The predicted octanol–water partition coefficient (Wildman–Crippen LogP) is 5.04. The van der Waals surface area contributed by atoms with Gasteiger partial charge in [0.05, 0.1) is 0 Å². The number of fused-ring (bicyclic) bond motifs is 5. The first-order valence-electron chi connectivity index (χ1n) is 10.7. The average molecular weight is 420 g/mol. The number of thiophene rings is 1. The number of benzene rings is 2. The Balaban J connectivity index is 1.42. The van der Waals surface area contributed by atoms with E-state index < -0.39 is 0 Å². The summed E-state index contributed by atoms with van der Waals surface area (Å²) in [5.41, 5.74) is 7.04. The molecule has 2 aromatic carbocycles. The molecule has 2 heterocycles. The highest BCUT2D eigenvalue weighted by atomic mass is 32.1. The smallest absolute Gasteiger partial charge is 0.171 e. The third-order valence-electron chi connectivity index (χ3n) is 6.47. The lowest BCUT2D eigenvalue weighted by Crippen LogP contribution is -2.37. The van der Waals surface area contributed by atoms with Crippen LogP contribution in [0.5, 0.6) is 0 Å². The van der Waals surface area contributed by atoms with Crippen LogP contribution in [0, 0.1) is 5.92 Å². The van der Waals surface area contributed by atoms with Crippen LogP contribution in [0.15, 0.2) is 72.4 Å². The summed E-state index contributed by atoms with van der Waals surface area (Å²) in [7, 11) is 0. The van der Waals surface area contributed by atoms with Crippen LogP contribution in [0.25, 0.3) is 33.7 Å². The molecule has 31 heavy (non-hydrogen) atoms. The average Bonchev–Trinajstić information content (AvgIpc) is 3.38. The fourth-order valence-corrected chi connectivity index (χ4v) is 5.60. The number of hydrogen-bond acceptors (Lipinski definition) is 3. The lowest BCUT2D eigenvalue weighted by Gasteiger charge is -2.21. The predicted molar refractivity (Wildman–Crippen MR) is 127 cm³/mol. The maximum atomic E-state index is 13.4. The number of pyridine rings is 1. The number of hydrogen-bond donors (Lipinski definition) is 0. The molecule has 0 saturated heterocycles. The number of ketones is 1. The van der Waals surface area contributed by atoms with Crippen molar-refractivity contribution in [2.45, 2.75) is 19.3 Å². The van der Waals surface area contributed by atoms with E-state index in [4.69, 9.17) is 0 Å². The lowest BCUT2D eigenvalue weighted by molar-refractivity contribution is 0.0946. The molecule has 0 saturated carbocycles. The van der Waals surface area contributed by atoms with Crippen LogP contribution in [0.4, 0.5) is 0 Å². The van der Waals surface area contributed by atoms with Crippen LogP contribution in [-0.2, 0) is 12.8 Å². The summed E-state index contributed by atoms with van der Waals surface area (Å²) in [4.78, 5) is 18.9. The van der Waals surface area contributed by atoms with Gasteiger partial charge in [0.25, 0.3) is 0 Å². The number of carbonyl (C=O) groups is 1. The molecule has 0 fully saturated rings. The zero-order valence-electron chi connectivity index (χ0n) is 17.0. The minimum absolute atomic E-state index is 0.107. The molecule has 0 radical (unpaired) electrons. The van der Waals surface area contributed by atoms with Gasteiger partial charge >= 0.3 is 0 Å². The molecule has 6 rings (SSSR count). The summed E-state index contributed by atoms with van der Waals surface area (Å²) < 4.78 is 0. The highest BCUT2D eigenvalue weighted by Gasteiger charge is 2.23.